The molecule has 0 bridgehead atoms. The first-order chi connectivity index (χ1) is 13.6. The summed E-state index contributed by atoms with van der Waals surface area (Å²) >= 11 is 0. The van der Waals surface area contributed by atoms with Gasteiger partial charge in [0, 0.05) is 37.6 Å². The Labute approximate surface area is 163 Å². The van der Waals surface area contributed by atoms with Crippen LogP contribution in [0.25, 0.3) is 0 Å². The van der Waals surface area contributed by atoms with Crippen molar-refractivity contribution in [3.05, 3.63) is 59.9 Å². The van der Waals surface area contributed by atoms with E-state index in [0.717, 1.165) is 25.2 Å². The molecule has 0 spiro atoms. The molecule has 2 heterocycles. The van der Waals surface area contributed by atoms with Crippen LogP contribution in [0.4, 0.5) is 20.6 Å². The lowest BCUT2D eigenvalue weighted by Gasteiger charge is -2.31. The van der Waals surface area contributed by atoms with Crippen molar-refractivity contribution in [3.8, 4) is 0 Å². The molecule has 0 saturated carbocycles. The van der Waals surface area contributed by atoms with Gasteiger partial charge in [-0.3, -0.25) is 4.79 Å². The fourth-order valence-corrected chi connectivity index (χ4v) is 3.74. The van der Waals surface area contributed by atoms with Crippen LogP contribution in [0, 0.1) is 5.82 Å². The second kappa shape index (κ2) is 7.88. The third-order valence-electron chi connectivity index (χ3n) is 5.25. The molecule has 2 aromatic rings. The van der Waals surface area contributed by atoms with Crippen LogP contribution >= 0.6 is 0 Å². The van der Waals surface area contributed by atoms with Crippen molar-refractivity contribution in [2.24, 2.45) is 0 Å². The van der Waals surface area contributed by atoms with Gasteiger partial charge in [-0.05, 0) is 42.3 Å². The zero-order chi connectivity index (χ0) is 19.5. The summed E-state index contributed by atoms with van der Waals surface area (Å²) in [7, 11) is 0. The number of fused-ring (bicyclic) bond motifs is 1. The molecule has 1 fully saturated rings. The Bertz CT molecular complexity index is 874. The van der Waals surface area contributed by atoms with Gasteiger partial charge in [0.1, 0.15) is 12.4 Å². The molecule has 0 aromatic heterocycles. The summed E-state index contributed by atoms with van der Waals surface area (Å²) in [5, 5.41) is 2.73. The summed E-state index contributed by atoms with van der Waals surface area (Å²) in [6.07, 6.45) is 0.876. The second-order valence-electron chi connectivity index (χ2n) is 7.14. The summed E-state index contributed by atoms with van der Waals surface area (Å²) in [4.78, 5) is 30.6. The van der Waals surface area contributed by atoms with Crippen LogP contribution in [0.1, 0.15) is 12.0 Å². The standard InChI is InChI=1S/C21H23FN4O2/c22-17-7-8-19-16(13-17)14-26(21(28)23-19)15-20(27)25-10-4-9-24(11-12-25)18-5-2-1-3-6-18/h1-3,5-8,13H,4,9-12,14-15H2,(H,23,28). The monoisotopic (exact) mass is 382 g/mol. The van der Waals surface area contributed by atoms with E-state index in [0.29, 0.717) is 24.3 Å². The van der Waals surface area contributed by atoms with E-state index in [2.05, 4.69) is 22.3 Å². The van der Waals surface area contributed by atoms with Gasteiger partial charge in [0.2, 0.25) is 5.91 Å². The SMILES string of the molecule is O=C(CN1Cc2cc(F)ccc2NC1=O)N1CCCN(c2ccccc2)CC1. The van der Waals surface area contributed by atoms with E-state index in [4.69, 9.17) is 0 Å². The number of nitrogens with one attached hydrogen (secondary N) is 1. The van der Waals surface area contributed by atoms with Crippen LogP contribution < -0.4 is 10.2 Å². The first-order valence-corrected chi connectivity index (χ1v) is 9.52. The van der Waals surface area contributed by atoms with E-state index >= 15 is 0 Å². The predicted molar refractivity (Wildman–Crippen MR) is 106 cm³/mol. The maximum absolute atomic E-state index is 13.5. The lowest BCUT2D eigenvalue weighted by atomic mass is 10.1. The van der Waals surface area contributed by atoms with Crippen molar-refractivity contribution in [1.29, 1.82) is 0 Å². The minimum Gasteiger partial charge on any atom is -0.370 e. The van der Waals surface area contributed by atoms with Crippen molar-refractivity contribution < 1.29 is 14.0 Å². The van der Waals surface area contributed by atoms with Gasteiger partial charge in [0.15, 0.2) is 0 Å². The summed E-state index contributed by atoms with van der Waals surface area (Å²) in [5.74, 6) is -0.431. The van der Waals surface area contributed by atoms with Crippen molar-refractivity contribution >= 4 is 23.3 Å². The third-order valence-corrected chi connectivity index (χ3v) is 5.25. The Morgan fingerprint density at radius 3 is 2.68 bits per heavy atom. The molecule has 0 aliphatic carbocycles. The lowest BCUT2D eigenvalue weighted by Crippen LogP contribution is -2.46. The molecule has 1 N–H and O–H groups in total. The normalized spacial score (nSPS) is 17.0. The first kappa shape index (κ1) is 18.3. The number of hydrogen-bond donors (Lipinski definition) is 1. The van der Waals surface area contributed by atoms with E-state index in [1.54, 1.807) is 6.07 Å². The Hall–Kier alpha value is -3.09. The number of carbonyl (C=O) groups is 2. The minimum absolute atomic E-state index is 0.00682. The highest BCUT2D eigenvalue weighted by Gasteiger charge is 2.27. The van der Waals surface area contributed by atoms with Crippen LogP contribution in [0.5, 0.6) is 0 Å². The quantitative estimate of drug-likeness (QED) is 0.888. The van der Waals surface area contributed by atoms with Crippen LogP contribution in [0.2, 0.25) is 0 Å². The summed E-state index contributed by atoms with van der Waals surface area (Å²) < 4.78 is 13.5. The largest absolute Gasteiger partial charge is 0.370 e. The number of nitrogens with zero attached hydrogens (tertiary/aromatic N) is 3. The zero-order valence-corrected chi connectivity index (χ0v) is 15.6. The van der Waals surface area contributed by atoms with Crippen LogP contribution in [-0.2, 0) is 11.3 Å². The maximum Gasteiger partial charge on any atom is 0.322 e. The number of halogens is 1. The molecule has 7 heteroatoms. The molecular formula is C21H23FN4O2. The van der Waals surface area contributed by atoms with Crippen LogP contribution in [0.15, 0.2) is 48.5 Å². The molecular weight excluding hydrogens is 359 g/mol. The van der Waals surface area contributed by atoms with E-state index in [1.807, 2.05) is 23.1 Å². The van der Waals surface area contributed by atoms with Gasteiger partial charge in [-0.2, -0.15) is 0 Å². The molecule has 1 saturated heterocycles. The van der Waals surface area contributed by atoms with Crippen molar-refractivity contribution in [2.45, 2.75) is 13.0 Å². The summed E-state index contributed by atoms with van der Waals surface area (Å²) in [6, 6.07) is 14.1. The molecule has 6 nitrogen and oxygen atoms in total. The van der Waals surface area contributed by atoms with Gasteiger partial charge in [-0.25, -0.2) is 9.18 Å². The Kier molecular flexibility index (Phi) is 5.14. The van der Waals surface area contributed by atoms with Gasteiger partial charge >= 0.3 is 6.03 Å². The summed E-state index contributed by atoms with van der Waals surface area (Å²) in [6.45, 7) is 3.17. The molecule has 0 unspecified atom stereocenters. The van der Waals surface area contributed by atoms with Gasteiger partial charge in [0.25, 0.3) is 0 Å². The fourth-order valence-electron chi connectivity index (χ4n) is 3.74. The fraction of sp³-hybridized carbons (Fsp3) is 0.333. The van der Waals surface area contributed by atoms with Gasteiger partial charge in [-0.15, -0.1) is 0 Å². The number of carbonyl (C=O) groups excluding carboxylic acids is 2. The second-order valence-corrected chi connectivity index (χ2v) is 7.14. The molecule has 0 atom stereocenters. The average Bonchev–Trinajstić information content (AvgIpc) is 2.96. The smallest absolute Gasteiger partial charge is 0.322 e. The summed E-state index contributed by atoms with van der Waals surface area (Å²) in [5.41, 5.74) is 2.44. The Morgan fingerprint density at radius 1 is 1.04 bits per heavy atom. The van der Waals surface area contributed by atoms with Gasteiger partial charge < -0.3 is 20.0 Å². The Balaban J connectivity index is 1.38. The van der Waals surface area contributed by atoms with Crippen LogP contribution in [0.3, 0.4) is 0 Å². The van der Waals surface area contributed by atoms with E-state index < -0.39 is 0 Å². The highest BCUT2D eigenvalue weighted by atomic mass is 19.1. The third kappa shape index (κ3) is 3.93. The van der Waals surface area contributed by atoms with Crippen molar-refractivity contribution in [2.75, 3.05) is 42.9 Å². The van der Waals surface area contributed by atoms with Crippen LogP contribution in [-0.4, -0.2) is 54.5 Å². The molecule has 4 rings (SSSR count). The number of amides is 3. The Morgan fingerprint density at radius 2 is 1.86 bits per heavy atom. The van der Waals surface area contributed by atoms with Gasteiger partial charge in [-0.1, -0.05) is 18.2 Å². The molecule has 28 heavy (non-hydrogen) atoms. The maximum atomic E-state index is 13.5. The topological polar surface area (TPSA) is 55.9 Å². The van der Waals surface area contributed by atoms with Crippen molar-refractivity contribution in [3.63, 3.8) is 0 Å². The highest BCUT2D eigenvalue weighted by molar-refractivity contribution is 5.94. The molecule has 2 aliphatic rings. The first-order valence-electron chi connectivity index (χ1n) is 9.52. The number of rotatable bonds is 3. The van der Waals surface area contributed by atoms with Gasteiger partial charge in [0.05, 0.1) is 6.54 Å². The van der Waals surface area contributed by atoms with E-state index in [9.17, 15) is 14.0 Å². The molecule has 146 valence electrons. The highest BCUT2D eigenvalue weighted by Crippen LogP contribution is 2.24. The van der Waals surface area contributed by atoms with E-state index in [-0.39, 0.29) is 30.8 Å². The van der Waals surface area contributed by atoms with Crippen molar-refractivity contribution in [1.82, 2.24) is 9.80 Å². The molecule has 3 amide bonds. The number of benzene rings is 2. The molecule has 2 aliphatic heterocycles. The molecule has 0 radical (unpaired) electrons. The number of urea groups is 1. The number of anilines is 2. The minimum atomic E-state index is -0.352. The molecule has 2 aromatic carbocycles. The average molecular weight is 382 g/mol. The number of para-hydroxylation sites is 1. The predicted octanol–water partition coefficient (Wildman–Crippen LogP) is 2.91. The zero-order valence-electron chi connectivity index (χ0n) is 15.6. The lowest BCUT2D eigenvalue weighted by molar-refractivity contribution is -0.131. The van der Waals surface area contributed by atoms with E-state index in [1.165, 1.54) is 17.0 Å². The number of hydrogen-bond acceptors (Lipinski definition) is 3.